The van der Waals surface area contributed by atoms with Gasteiger partial charge in [-0.3, -0.25) is 19.3 Å². The zero-order chi connectivity index (χ0) is 27.8. The second-order valence-electron chi connectivity index (χ2n) is 10.6. The average Bonchev–Trinajstić information content (AvgIpc) is 3.34. The van der Waals surface area contributed by atoms with E-state index in [4.69, 9.17) is 4.42 Å². The lowest BCUT2D eigenvalue weighted by Gasteiger charge is -2.33. The number of aryl methyl sites for hydroxylation is 3. The Hall–Kier alpha value is -5.04. The topological polar surface area (TPSA) is 83.7 Å². The summed E-state index contributed by atoms with van der Waals surface area (Å²) < 4.78 is 6.16. The number of hydrogen-bond donors (Lipinski definition) is 0. The molecular weight excluding hydrogens is 502 g/mol. The van der Waals surface area contributed by atoms with Gasteiger partial charge in [-0.2, -0.15) is 0 Å². The number of rotatable bonds is 3. The van der Waals surface area contributed by atoms with E-state index in [-0.39, 0.29) is 23.7 Å². The number of fused-ring (bicyclic) bond motifs is 5. The molecule has 2 amide bonds. The van der Waals surface area contributed by atoms with E-state index in [2.05, 4.69) is 4.98 Å². The van der Waals surface area contributed by atoms with E-state index in [1.54, 1.807) is 29.3 Å². The molecule has 0 bridgehead atoms. The lowest BCUT2D eigenvalue weighted by atomic mass is 9.84. The van der Waals surface area contributed by atoms with Crippen molar-refractivity contribution in [3.63, 3.8) is 0 Å². The van der Waals surface area contributed by atoms with Gasteiger partial charge in [0.2, 0.25) is 5.76 Å². The number of carbonyl (C=O) groups excluding carboxylic acids is 2. The molecule has 1 atom stereocenters. The maximum Gasteiger partial charge on any atom is 0.297 e. The van der Waals surface area contributed by atoms with Gasteiger partial charge in [0.1, 0.15) is 11.4 Å². The lowest BCUT2D eigenvalue weighted by Crippen LogP contribution is -2.54. The molecule has 3 aromatic carbocycles. The number of aromatic nitrogens is 1. The highest BCUT2D eigenvalue weighted by atomic mass is 16.3. The number of benzene rings is 3. The van der Waals surface area contributed by atoms with Crippen molar-refractivity contribution in [2.45, 2.75) is 32.9 Å². The molecule has 7 heteroatoms. The van der Waals surface area contributed by atoms with Crippen LogP contribution in [-0.4, -0.2) is 16.8 Å². The fourth-order valence-corrected chi connectivity index (χ4v) is 6.11. The normalized spacial score (nSPS) is 17.7. The molecule has 0 aliphatic carbocycles. The van der Waals surface area contributed by atoms with Crippen LogP contribution in [-0.2, 0) is 16.9 Å². The minimum Gasteiger partial charge on any atom is -0.450 e. The molecular formula is C33H25N3O4. The van der Waals surface area contributed by atoms with Gasteiger partial charge >= 0.3 is 0 Å². The highest BCUT2D eigenvalue weighted by Crippen LogP contribution is 2.54. The van der Waals surface area contributed by atoms with Crippen molar-refractivity contribution in [2.75, 3.05) is 9.80 Å². The number of nitrogens with zero attached hydrogens (tertiary/aromatic N) is 3. The lowest BCUT2D eigenvalue weighted by molar-refractivity contribution is -0.121. The smallest absolute Gasteiger partial charge is 0.297 e. The second kappa shape index (κ2) is 8.48. The predicted octanol–water partition coefficient (Wildman–Crippen LogP) is 5.56. The van der Waals surface area contributed by atoms with Crippen molar-refractivity contribution in [3.8, 4) is 0 Å². The molecule has 1 unspecified atom stereocenters. The van der Waals surface area contributed by atoms with Crippen LogP contribution in [0.2, 0.25) is 0 Å². The molecule has 1 spiro atoms. The van der Waals surface area contributed by atoms with Crippen LogP contribution in [0, 0.1) is 20.8 Å². The summed E-state index contributed by atoms with van der Waals surface area (Å²) in [4.78, 5) is 51.1. The van der Waals surface area contributed by atoms with E-state index in [0.717, 1.165) is 22.3 Å². The molecule has 2 aliphatic heterocycles. The molecule has 5 aromatic rings. The SMILES string of the molecule is Cc1cccc(CN2C(=O)C3(c4ccccc42)c2c(oc4ccc(C)cc4c2=O)C(=O)N3c2cc(C)ccn2)c1. The first-order valence-electron chi connectivity index (χ1n) is 13.1. The van der Waals surface area contributed by atoms with Gasteiger partial charge < -0.3 is 9.32 Å². The second-order valence-corrected chi connectivity index (χ2v) is 10.6. The number of amides is 2. The Balaban J connectivity index is 1.57. The van der Waals surface area contributed by atoms with E-state index in [9.17, 15) is 14.4 Å². The van der Waals surface area contributed by atoms with E-state index in [0.29, 0.717) is 22.2 Å². The van der Waals surface area contributed by atoms with Gasteiger partial charge in [-0.25, -0.2) is 4.98 Å². The van der Waals surface area contributed by atoms with E-state index < -0.39 is 22.8 Å². The van der Waals surface area contributed by atoms with Gasteiger partial charge in [0.15, 0.2) is 11.0 Å². The highest BCUT2D eigenvalue weighted by molar-refractivity contribution is 6.24. The summed E-state index contributed by atoms with van der Waals surface area (Å²) in [5, 5.41) is 0.326. The van der Waals surface area contributed by atoms with Crippen molar-refractivity contribution in [1.29, 1.82) is 0 Å². The quantitative estimate of drug-likeness (QED) is 0.307. The maximum atomic E-state index is 14.9. The van der Waals surface area contributed by atoms with Gasteiger partial charge in [-0.05, 0) is 62.2 Å². The third-order valence-corrected chi connectivity index (χ3v) is 7.83. The van der Waals surface area contributed by atoms with Gasteiger partial charge in [0.25, 0.3) is 11.8 Å². The van der Waals surface area contributed by atoms with Gasteiger partial charge in [0, 0.05) is 11.8 Å². The summed E-state index contributed by atoms with van der Waals surface area (Å²) in [6.45, 7) is 6.05. The van der Waals surface area contributed by atoms with Crippen LogP contribution in [0.4, 0.5) is 11.5 Å². The first kappa shape index (κ1) is 24.0. The van der Waals surface area contributed by atoms with Crippen LogP contribution in [0.25, 0.3) is 11.0 Å². The molecule has 2 aromatic heterocycles. The van der Waals surface area contributed by atoms with Crippen LogP contribution < -0.4 is 15.2 Å². The van der Waals surface area contributed by atoms with Crippen LogP contribution >= 0.6 is 0 Å². The molecule has 7 rings (SSSR count). The zero-order valence-electron chi connectivity index (χ0n) is 22.3. The minimum atomic E-state index is -1.77. The highest BCUT2D eigenvalue weighted by Gasteiger charge is 2.66. The molecule has 0 saturated carbocycles. The fraction of sp³-hybridized carbons (Fsp3) is 0.152. The first-order chi connectivity index (χ1) is 19.3. The summed E-state index contributed by atoms with van der Waals surface area (Å²) in [6.07, 6.45) is 1.60. The molecule has 4 heterocycles. The molecule has 40 heavy (non-hydrogen) atoms. The van der Waals surface area contributed by atoms with Crippen molar-refractivity contribution < 1.29 is 14.0 Å². The third-order valence-electron chi connectivity index (χ3n) is 7.83. The van der Waals surface area contributed by atoms with Crippen LogP contribution in [0.1, 0.15) is 43.9 Å². The Morgan fingerprint density at radius 3 is 2.40 bits per heavy atom. The summed E-state index contributed by atoms with van der Waals surface area (Å²) in [6, 6.07) is 24.1. The molecule has 7 nitrogen and oxygen atoms in total. The van der Waals surface area contributed by atoms with Gasteiger partial charge in [-0.1, -0.05) is 59.7 Å². The summed E-state index contributed by atoms with van der Waals surface area (Å²) >= 11 is 0. The Bertz CT molecular complexity index is 1960. The predicted molar refractivity (Wildman–Crippen MR) is 153 cm³/mol. The maximum absolute atomic E-state index is 14.9. The Kier molecular flexibility index (Phi) is 5.09. The molecule has 196 valence electrons. The average molecular weight is 528 g/mol. The minimum absolute atomic E-state index is 0.0306. The van der Waals surface area contributed by atoms with E-state index in [1.165, 1.54) is 4.90 Å². The van der Waals surface area contributed by atoms with Crippen molar-refractivity contribution >= 4 is 34.3 Å². The van der Waals surface area contributed by atoms with Crippen LogP contribution in [0.3, 0.4) is 0 Å². The van der Waals surface area contributed by atoms with Gasteiger partial charge in [-0.15, -0.1) is 0 Å². The number of para-hydroxylation sites is 1. The molecule has 0 fully saturated rings. The van der Waals surface area contributed by atoms with Crippen molar-refractivity contribution in [2.24, 2.45) is 0 Å². The Morgan fingerprint density at radius 1 is 0.825 bits per heavy atom. The molecule has 0 saturated heterocycles. The number of carbonyl (C=O) groups is 2. The Labute approximate surface area is 230 Å². The van der Waals surface area contributed by atoms with E-state index >= 15 is 0 Å². The molecule has 0 radical (unpaired) electrons. The molecule has 0 N–H and O–H groups in total. The summed E-state index contributed by atoms with van der Waals surface area (Å²) in [5.41, 5.74) is 3.07. The third kappa shape index (κ3) is 3.18. The summed E-state index contributed by atoms with van der Waals surface area (Å²) in [5.74, 6) is -0.833. The van der Waals surface area contributed by atoms with Crippen LogP contribution in [0.15, 0.2) is 94.3 Å². The number of anilines is 2. The monoisotopic (exact) mass is 527 g/mol. The fourth-order valence-electron chi connectivity index (χ4n) is 6.11. The largest absolute Gasteiger partial charge is 0.450 e. The first-order valence-corrected chi connectivity index (χ1v) is 13.1. The van der Waals surface area contributed by atoms with Crippen molar-refractivity contribution in [1.82, 2.24) is 4.98 Å². The standard InChI is InChI=1S/C33H25N3O4/c1-19-7-6-8-22(15-19)18-35-25-10-5-4-9-24(25)33(32(35)39)28-29(37)23-16-20(2)11-12-26(23)40-30(28)31(38)36(33)27-17-21(3)13-14-34-27/h4-17H,18H2,1-3H3. The van der Waals surface area contributed by atoms with E-state index in [1.807, 2.05) is 81.4 Å². The Morgan fingerprint density at radius 2 is 1.60 bits per heavy atom. The van der Waals surface area contributed by atoms with Gasteiger partial charge in [0.05, 0.1) is 23.2 Å². The molecule has 2 aliphatic rings. The summed E-state index contributed by atoms with van der Waals surface area (Å²) in [7, 11) is 0. The van der Waals surface area contributed by atoms with Crippen molar-refractivity contribution in [3.05, 3.63) is 134 Å². The number of hydrogen-bond acceptors (Lipinski definition) is 5. The van der Waals surface area contributed by atoms with Crippen LogP contribution in [0.5, 0.6) is 0 Å². The number of pyridine rings is 1. The zero-order valence-corrected chi connectivity index (χ0v) is 22.3.